The summed E-state index contributed by atoms with van der Waals surface area (Å²) in [7, 11) is 11.5. The van der Waals surface area contributed by atoms with E-state index >= 15 is 0 Å². The second-order valence-corrected chi connectivity index (χ2v) is 23.4. The van der Waals surface area contributed by atoms with Crippen molar-refractivity contribution in [2.24, 2.45) is 42.3 Å². The lowest BCUT2D eigenvalue weighted by atomic mass is 9.85. The van der Waals surface area contributed by atoms with Crippen molar-refractivity contribution in [3.05, 3.63) is 222 Å². The van der Waals surface area contributed by atoms with Crippen molar-refractivity contribution in [1.29, 1.82) is 21.0 Å². The average Bonchev–Trinajstić information content (AvgIpc) is 1.60. The Morgan fingerprint density at radius 1 is 0.414 bits per heavy atom. The number of hydrogen-bond donors (Lipinski definition) is 0. The zero-order valence-corrected chi connectivity index (χ0v) is 64.6. The Morgan fingerprint density at radius 2 is 0.727 bits per heavy atom. The van der Waals surface area contributed by atoms with E-state index in [4.69, 9.17) is 15.8 Å². The zero-order chi connectivity index (χ0) is 75.9. The number of nitro groups is 2. The lowest BCUT2D eigenvalue weighted by molar-refractivity contribution is -0.383. The first-order chi connectivity index (χ1) is 47.2. The van der Waals surface area contributed by atoms with Gasteiger partial charge >= 0.3 is 0 Å². The molecule has 12 aromatic rings. The lowest BCUT2D eigenvalue weighted by Gasteiger charge is -2.19. The van der Waals surface area contributed by atoms with E-state index < -0.39 is 0 Å². The molecule has 0 unspecified atom stereocenters. The molecule has 526 valence electrons. The van der Waals surface area contributed by atoms with Gasteiger partial charge in [0, 0.05) is 124 Å². The van der Waals surface area contributed by atoms with Crippen LogP contribution >= 0.6 is 0 Å². The van der Waals surface area contributed by atoms with Gasteiger partial charge in [0.1, 0.15) is 29.2 Å². The highest BCUT2D eigenvalue weighted by molar-refractivity contribution is 5.92. The third-order valence-corrected chi connectivity index (χ3v) is 15.6. The van der Waals surface area contributed by atoms with Gasteiger partial charge in [-0.15, -0.1) is 0 Å². The monoisotopic (exact) mass is 1340 g/mol. The summed E-state index contributed by atoms with van der Waals surface area (Å²) >= 11 is 0. The molecule has 0 fully saturated rings. The van der Waals surface area contributed by atoms with Crippen molar-refractivity contribution in [1.82, 2.24) is 27.4 Å². The van der Waals surface area contributed by atoms with Crippen LogP contribution in [0.4, 0.5) is 11.4 Å². The number of non-ortho nitro benzene ring substituents is 2. The van der Waals surface area contributed by atoms with Crippen molar-refractivity contribution in [2.45, 2.75) is 170 Å². The Labute approximate surface area is 590 Å². The molecule has 6 aromatic heterocycles. The maximum atomic E-state index is 10.8. The standard InChI is InChI=1S/C14H16N2.C13H14N2.2C12H12N2.2C10H10N2O2.6C2H6/c1-14(2,3)12-7-10-5-6-16(4)13(10)11(8-12)9-15;1-9(2)11-6-10-4-5-15(3)13(10)12(7-11)8-14;1-8-6-10-4-5-14(3)12(10)9(2)11(8)7-13;1-3-9-6-10-4-5-14(2)12(10)11(7-9)8-13;2*1-7-5-8-3-4-11(2)10(8)9(6-7)12(13)14;6*1-2/h5-8H,1-4H3;4-7,9H,1-3H3;4-6H,1-3H3;4-7H,3H2,1-2H3;2*3-6H,1-2H3;6*1-2H3. The predicted octanol–water partition coefficient (Wildman–Crippen LogP) is 22.7. The van der Waals surface area contributed by atoms with Crippen molar-refractivity contribution in [3.63, 3.8) is 0 Å². The van der Waals surface area contributed by atoms with E-state index in [1.54, 1.807) is 21.3 Å². The van der Waals surface area contributed by atoms with Crippen LogP contribution in [0.1, 0.15) is 192 Å². The molecule has 99 heavy (non-hydrogen) atoms. The van der Waals surface area contributed by atoms with Gasteiger partial charge in [-0.2, -0.15) is 21.0 Å². The van der Waals surface area contributed by atoms with E-state index in [1.165, 1.54) is 22.1 Å². The number of hydrogen-bond acceptors (Lipinski definition) is 8. The highest BCUT2D eigenvalue weighted by atomic mass is 16.6. The fraction of sp³-hybridized carbons (Fsp3) is 0.373. The Kier molecular flexibility index (Phi) is 36.1. The molecule has 6 aromatic carbocycles. The average molecular weight is 1340 g/mol. The van der Waals surface area contributed by atoms with Gasteiger partial charge in [0.15, 0.2) is 0 Å². The van der Waals surface area contributed by atoms with Crippen LogP contribution in [0.15, 0.2) is 140 Å². The third-order valence-electron chi connectivity index (χ3n) is 15.6. The minimum absolute atomic E-state index is 0.0790. The molecule has 0 saturated carbocycles. The molecule has 0 spiro atoms. The smallest absolute Gasteiger partial charge is 0.293 e. The van der Waals surface area contributed by atoms with Crippen LogP contribution < -0.4 is 0 Å². The molecule has 0 aliphatic carbocycles. The van der Waals surface area contributed by atoms with Crippen LogP contribution in [-0.2, 0) is 54.1 Å². The summed E-state index contributed by atoms with van der Waals surface area (Å²) < 4.78 is 11.6. The Balaban J connectivity index is 0.000000576. The van der Waals surface area contributed by atoms with Gasteiger partial charge in [-0.1, -0.05) is 125 Å². The SMILES string of the molecule is CC.CC.CC.CC.CC.CC.CC(C)c1cc(C#N)c2c(ccn2C)c1.CCc1cc(C#N)c2c(ccn2C)c1.Cc1cc([N+](=O)[O-])c2c(ccn2C)c1.Cc1cc([N+](=O)[O-])c2c(ccn2C)c1.Cc1cc2ccn(C)c2c(C)c1C#N.Cn1ccc2cc(C(C)(C)C)cc(C#N)c21. The van der Waals surface area contributed by atoms with Gasteiger partial charge < -0.3 is 27.4 Å². The molecular weight excluding hydrogens is 1230 g/mol. The summed E-state index contributed by atoms with van der Waals surface area (Å²) in [4.78, 5) is 20.9. The first kappa shape index (κ1) is 86.3. The summed E-state index contributed by atoms with van der Waals surface area (Å²) in [5.74, 6) is 0.460. The molecule has 6 heterocycles. The van der Waals surface area contributed by atoms with Crippen molar-refractivity contribution >= 4 is 76.8 Å². The number of aromatic nitrogens is 6. The van der Waals surface area contributed by atoms with Gasteiger partial charge in [-0.3, -0.25) is 20.2 Å². The number of fused-ring (bicyclic) bond motifs is 6. The van der Waals surface area contributed by atoms with Crippen LogP contribution in [0.25, 0.3) is 65.4 Å². The summed E-state index contributed by atoms with van der Waals surface area (Å²) in [5, 5.41) is 64.5. The maximum absolute atomic E-state index is 10.8. The maximum Gasteiger partial charge on any atom is 0.293 e. The van der Waals surface area contributed by atoms with E-state index in [-0.39, 0.29) is 26.6 Å². The molecule has 0 N–H and O–H groups in total. The number of rotatable bonds is 4. The van der Waals surface area contributed by atoms with Gasteiger partial charge in [-0.25, -0.2) is 0 Å². The van der Waals surface area contributed by atoms with Gasteiger partial charge in [0.05, 0.1) is 60.2 Å². The summed E-state index contributed by atoms with van der Waals surface area (Å²) in [6.07, 6.45) is 12.6. The quantitative estimate of drug-likeness (QED) is 0.122. The number of nitrogens with zero attached hydrogens (tertiary/aromatic N) is 12. The van der Waals surface area contributed by atoms with E-state index in [0.717, 1.165) is 99.9 Å². The molecule has 12 rings (SSSR count). The largest absolute Gasteiger partial charge is 0.350 e. The topological polar surface area (TPSA) is 211 Å². The van der Waals surface area contributed by atoms with Crippen molar-refractivity contribution in [2.75, 3.05) is 0 Å². The number of nitro benzene ring substituents is 2. The van der Waals surface area contributed by atoms with Crippen molar-refractivity contribution in [3.8, 4) is 24.3 Å². The summed E-state index contributed by atoms with van der Waals surface area (Å²) in [6.45, 7) is 44.6. The molecule has 0 aliphatic rings. The summed E-state index contributed by atoms with van der Waals surface area (Å²) in [6, 6.07) is 42.7. The number of nitriles is 4. The van der Waals surface area contributed by atoms with Crippen LogP contribution in [0.3, 0.4) is 0 Å². The lowest BCUT2D eigenvalue weighted by Crippen LogP contribution is -2.11. The highest BCUT2D eigenvalue weighted by Gasteiger charge is 2.19. The van der Waals surface area contributed by atoms with Crippen molar-refractivity contribution < 1.29 is 9.85 Å². The van der Waals surface area contributed by atoms with Gasteiger partial charge in [-0.05, 0) is 175 Å². The van der Waals surface area contributed by atoms with Gasteiger partial charge in [0.25, 0.3) is 11.4 Å². The van der Waals surface area contributed by atoms with E-state index in [2.05, 4.69) is 119 Å². The fourth-order valence-electron chi connectivity index (χ4n) is 11.1. The van der Waals surface area contributed by atoms with E-state index in [0.29, 0.717) is 17.0 Å². The number of benzene rings is 6. The second kappa shape index (κ2) is 41.4. The van der Waals surface area contributed by atoms with E-state index in [9.17, 15) is 25.5 Å². The number of aryl methyl sites for hydroxylation is 11. The minimum Gasteiger partial charge on any atom is -0.350 e. The highest BCUT2D eigenvalue weighted by Crippen LogP contribution is 2.32. The van der Waals surface area contributed by atoms with Crippen LogP contribution in [-0.4, -0.2) is 37.2 Å². The zero-order valence-electron chi connectivity index (χ0n) is 64.6. The van der Waals surface area contributed by atoms with E-state index in [1.807, 2.05) is 246 Å². The van der Waals surface area contributed by atoms with Crippen LogP contribution in [0.2, 0.25) is 0 Å². The van der Waals surface area contributed by atoms with Gasteiger partial charge in [0.2, 0.25) is 0 Å². The Morgan fingerprint density at radius 3 is 1.06 bits per heavy atom. The molecule has 16 heteroatoms. The molecule has 0 saturated heterocycles. The fourth-order valence-corrected chi connectivity index (χ4v) is 11.1. The molecule has 0 amide bonds. The molecule has 0 bridgehead atoms. The minimum atomic E-state index is -0.338. The molecule has 0 radical (unpaired) electrons. The Bertz CT molecular complexity index is 4670. The molecule has 16 nitrogen and oxygen atoms in total. The second-order valence-electron chi connectivity index (χ2n) is 23.4. The molecule has 0 aliphatic heterocycles. The van der Waals surface area contributed by atoms with Crippen LogP contribution in [0, 0.1) is 93.2 Å². The normalized spacial score (nSPS) is 9.87. The third kappa shape index (κ3) is 21.7. The van der Waals surface area contributed by atoms with Crippen LogP contribution in [0.5, 0.6) is 0 Å². The molecule has 0 atom stereocenters. The predicted molar refractivity (Wildman–Crippen MR) is 419 cm³/mol. The summed E-state index contributed by atoms with van der Waals surface area (Å²) in [5.41, 5.74) is 16.8. The first-order valence-electron chi connectivity index (χ1n) is 34.5. The molecular formula is C83H110N12O4. The first-order valence-corrected chi connectivity index (χ1v) is 34.5. The Hall–Kier alpha value is -10.7.